The van der Waals surface area contributed by atoms with E-state index < -0.39 is 11.6 Å². The van der Waals surface area contributed by atoms with Crippen molar-refractivity contribution in [2.45, 2.75) is 65.5 Å². The van der Waals surface area contributed by atoms with Crippen LogP contribution in [-0.4, -0.2) is 35.2 Å². The Labute approximate surface area is 193 Å². The number of aliphatic carboxylic acids is 1. The molecule has 0 spiro atoms. The van der Waals surface area contributed by atoms with Crippen molar-refractivity contribution < 1.29 is 19.4 Å². The molecule has 2 N–H and O–H groups in total. The van der Waals surface area contributed by atoms with Crippen LogP contribution in [0.25, 0.3) is 11.1 Å². The lowest BCUT2D eigenvalue weighted by molar-refractivity contribution is -0.136. The maximum Gasteiger partial charge on any atom is 0.307 e. The van der Waals surface area contributed by atoms with Gasteiger partial charge in [0.05, 0.1) is 24.3 Å². The van der Waals surface area contributed by atoms with E-state index >= 15 is 0 Å². The fraction of sp³-hybridized carbons (Fsp3) is 0.440. The fourth-order valence-corrected chi connectivity index (χ4v) is 5.06. The van der Waals surface area contributed by atoms with Crippen molar-refractivity contribution in [3.8, 4) is 16.9 Å². The van der Waals surface area contributed by atoms with Gasteiger partial charge in [0.25, 0.3) is 0 Å². The molecule has 2 aromatic rings. The molecule has 1 amide bonds. The molecule has 0 radical (unpaired) electrons. The summed E-state index contributed by atoms with van der Waals surface area (Å²) in [6, 6.07) is 5.61. The quantitative estimate of drug-likeness (QED) is 0.645. The van der Waals surface area contributed by atoms with Gasteiger partial charge in [-0.25, -0.2) is 0 Å². The third kappa shape index (κ3) is 3.71. The van der Waals surface area contributed by atoms with Crippen LogP contribution in [0.1, 0.15) is 57.2 Å². The summed E-state index contributed by atoms with van der Waals surface area (Å²) in [4.78, 5) is 26.5. The second-order valence-electron chi connectivity index (χ2n) is 9.75. The minimum Gasteiger partial charge on any atom is -0.487 e. The van der Waals surface area contributed by atoms with Gasteiger partial charge in [-0.3, -0.25) is 9.59 Å². The molecule has 2 aliphatic rings. The Bertz CT molecular complexity index is 1140. The van der Waals surface area contributed by atoms with E-state index in [4.69, 9.17) is 16.3 Å². The van der Waals surface area contributed by atoms with E-state index in [0.717, 1.165) is 33.6 Å². The molecular formula is C25H29ClN2O4. The zero-order chi connectivity index (χ0) is 23.5. The molecule has 170 valence electrons. The molecule has 2 unspecified atom stereocenters. The zero-order valence-electron chi connectivity index (χ0n) is 19.3. The monoisotopic (exact) mass is 456 g/mol. The van der Waals surface area contributed by atoms with Crippen molar-refractivity contribution in [1.82, 2.24) is 0 Å². The van der Waals surface area contributed by atoms with Gasteiger partial charge < -0.3 is 20.1 Å². The number of hydrogen-bond acceptors (Lipinski definition) is 4. The Balaban J connectivity index is 2.10. The highest BCUT2D eigenvalue weighted by Crippen LogP contribution is 2.55. The molecule has 2 aliphatic heterocycles. The molecule has 0 saturated heterocycles. The molecule has 2 heterocycles. The molecule has 0 aliphatic carbocycles. The summed E-state index contributed by atoms with van der Waals surface area (Å²) in [5.74, 6) is -0.292. The number of carbonyl (C=O) groups excluding carboxylic acids is 1. The molecule has 2 aromatic carbocycles. The molecule has 7 heteroatoms. The first kappa shape index (κ1) is 22.5. The van der Waals surface area contributed by atoms with Gasteiger partial charge in [0.2, 0.25) is 5.91 Å². The molecule has 0 fully saturated rings. The smallest absolute Gasteiger partial charge is 0.307 e. The van der Waals surface area contributed by atoms with Gasteiger partial charge in [-0.2, -0.15) is 0 Å². The topological polar surface area (TPSA) is 78.9 Å². The number of hydrogen-bond donors (Lipinski definition) is 2. The summed E-state index contributed by atoms with van der Waals surface area (Å²) in [5.41, 5.74) is 5.46. The molecule has 0 saturated carbocycles. The van der Waals surface area contributed by atoms with Crippen molar-refractivity contribution in [3.63, 3.8) is 0 Å². The lowest BCUT2D eigenvalue weighted by Crippen LogP contribution is -2.41. The third-order valence-electron chi connectivity index (χ3n) is 6.38. The van der Waals surface area contributed by atoms with Crippen LogP contribution in [0, 0.1) is 6.92 Å². The number of carbonyl (C=O) groups is 2. The number of amides is 1. The predicted octanol–water partition coefficient (Wildman–Crippen LogP) is 5.38. The summed E-state index contributed by atoms with van der Waals surface area (Å²) in [6.45, 7) is 12.3. The SMILES string of the molecule is Cc1c(CC(=O)O)c(-c2ccc(Cl)cc2OC(C)(C)C)c2c3c1NC(=O)CN3C(C)C2C. The molecule has 2 atom stereocenters. The largest absolute Gasteiger partial charge is 0.487 e. The van der Waals surface area contributed by atoms with E-state index in [1.807, 2.05) is 33.8 Å². The lowest BCUT2D eigenvalue weighted by atomic mass is 9.82. The van der Waals surface area contributed by atoms with Gasteiger partial charge in [-0.1, -0.05) is 18.5 Å². The second-order valence-corrected chi connectivity index (χ2v) is 10.2. The Morgan fingerprint density at radius 3 is 2.62 bits per heavy atom. The Hall–Kier alpha value is -2.73. The summed E-state index contributed by atoms with van der Waals surface area (Å²) in [7, 11) is 0. The average molecular weight is 457 g/mol. The van der Waals surface area contributed by atoms with E-state index in [9.17, 15) is 14.7 Å². The molecule has 6 nitrogen and oxygen atoms in total. The van der Waals surface area contributed by atoms with E-state index in [1.165, 1.54) is 0 Å². The van der Waals surface area contributed by atoms with Crippen LogP contribution >= 0.6 is 11.6 Å². The highest BCUT2D eigenvalue weighted by Gasteiger charge is 2.43. The maximum atomic E-state index is 12.5. The van der Waals surface area contributed by atoms with Gasteiger partial charge in [0.15, 0.2) is 0 Å². The van der Waals surface area contributed by atoms with Gasteiger partial charge >= 0.3 is 5.97 Å². The van der Waals surface area contributed by atoms with Crippen molar-refractivity contribution in [2.24, 2.45) is 0 Å². The Morgan fingerprint density at radius 1 is 1.31 bits per heavy atom. The number of nitrogens with one attached hydrogen (secondary N) is 1. The summed E-state index contributed by atoms with van der Waals surface area (Å²) >= 11 is 6.32. The van der Waals surface area contributed by atoms with E-state index in [-0.39, 0.29) is 30.8 Å². The van der Waals surface area contributed by atoms with Crippen LogP contribution in [0.5, 0.6) is 5.75 Å². The molecule has 0 aromatic heterocycles. The number of carboxylic acid groups (broad SMARTS) is 1. The Kier molecular flexibility index (Phi) is 5.40. The molecule has 0 bridgehead atoms. The first-order chi connectivity index (χ1) is 14.9. The summed E-state index contributed by atoms with van der Waals surface area (Å²) in [6.07, 6.45) is -0.157. The average Bonchev–Trinajstić information content (AvgIpc) is 2.91. The van der Waals surface area contributed by atoms with Crippen LogP contribution in [0.4, 0.5) is 11.4 Å². The van der Waals surface area contributed by atoms with E-state index in [0.29, 0.717) is 16.3 Å². The van der Waals surface area contributed by atoms with Crippen molar-refractivity contribution in [1.29, 1.82) is 0 Å². The summed E-state index contributed by atoms with van der Waals surface area (Å²) < 4.78 is 6.29. The first-order valence-corrected chi connectivity index (χ1v) is 11.2. The highest BCUT2D eigenvalue weighted by molar-refractivity contribution is 6.30. The van der Waals surface area contributed by atoms with Crippen LogP contribution in [0.2, 0.25) is 5.02 Å². The van der Waals surface area contributed by atoms with Gasteiger partial charge in [0, 0.05) is 22.5 Å². The number of ether oxygens (including phenoxy) is 1. The second kappa shape index (κ2) is 7.69. The van der Waals surface area contributed by atoms with E-state index in [1.54, 1.807) is 12.1 Å². The van der Waals surface area contributed by atoms with Crippen LogP contribution in [-0.2, 0) is 16.0 Å². The van der Waals surface area contributed by atoms with Crippen LogP contribution < -0.4 is 15.0 Å². The van der Waals surface area contributed by atoms with Crippen LogP contribution in [0.15, 0.2) is 18.2 Å². The van der Waals surface area contributed by atoms with Gasteiger partial charge in [-0.15, -0.1) is 0 Å². The van der Waals surface area contributed by atoms with E-state index in [2.05, 4.69) is 24.1 Å². The van der Waals surface area contributed by atoms with Gasteiger partial charge in [0.1, 0.15) is 11.4 Å². The minimum atomic E-state index is -0.925. The van der Waals surface area contributed by atoms with Crippen molar-refractivity contribution in [2.75, 3.05) is 16.8 Å². The minimum absolute atomic E-state index is 0.0789. The number of rotatable bonds is 4. The number of halogens is 1. The third-order valence-corrected chi connectivity index (χ3v) is 6.62. The molecular weight excluding hydrogens is 428 g/mol. The summed E-state index contributed by atoms with van der Waals surface area (Å²) in [5, 5.41) is 13.3. The van der Waals surface area contributed by atoms with Crippen molar-refractivity contribution in [3.05, 3.63) is 39.9 Å². The lowest BCUT2D eigenvalue weighted by Gasteiger charge is -2.33. The maximum absolute atomic E-state index is 12.5. The standard InChI is InChI=1S/C25H29ClN2O4/c1-12-14(3)28-11-19(29)27-23-13(2)17(10-20(30)31)22(21(12)24(23)28)16-8-7-15(26)9-18(16)32-25(4,5)6/h7-9,12,14H,10-11H2,1-6H3,(H,27,29)(H,30,31). The number of nitrogens with zero attached hydrogens (tertiary/aromatic N) is 1. The molecule has 32 heavy (non-hydrogen) atoms. The first-order valence-electron chi connectivity index (χ1n) is 10.9. The highest BCUT2D eigenvalue weighted by atomic mass is 35.5. The normalized spacial score (nSPS) is 19.6. The fourth-order valence-electron chi connectivity index (χ4n) is 4.89. The molecule has 4 rings (SSSR count). The van der Waals surface area contributed by atoms with Crippen molar-refractivity contribution >= 4 is 34.9 Å². The van der Waals surface area contributed by atoms with Crippen LogP contribution in [0.3, 0.4) is 0 Å². The predicted molar refractivity (Wildman–Crippen MR) is 127 cm³/mol. The number of benzene rings is 2. The zero-order valence-corrected chi connectivity index (χ0v) is 20.1. The number of carboxylic acids is 1. The number of anilines is 2. The van der Waals surface area contributed by atoms with Gasteiger partial charge in [-0.05, 0) is 75.1 Å². The Morgan fingerprint density at radius 2 is 2.00 bits per heavy atom.